The summed E-state index contributed by atoms with van der Waals surface area (Å²) in [6.45, 7) is 5.93. The molecule has 1 aromatic rings. The fraction of sp³-hybridized carbons (Fsp3) is 0.692. The Morgan fingerprint density at radius 1 is 1.59 bits per heavy atom. The fourth-order valence-electron chi connectivity index (χ4n) is 2.31. The van der Waals surface area contributed by atoms with Gasteiger partial charge in [-0.15, -0.1) is 0 Å². The van der Waals surface area contributed by atoms with E-state index >= 15 is 0 Å². The molecule has 124 valence electrons. The molecule has 0 spiro atoms. The molecule has 0 saturated carbocycles. The molecule has 0 unspecified atom stereocenters. The number of esters is 1. The summed E-state index contributed by atoms with van der Waals surface area (Å²) in [4.78, 5) is 10.9. The lowest BCUT2D eigenvalue weighted by Crippen LogP contribution is -2.39. The van der Waals surface area contributed by atoms with Crippen LogP contribution in [0.2, 0.25) is 0 Å². The lowest BCUT2D eigenvalue weighted by Gasteiger charge is -2.38. The third-order valence-corrected chi connectivity index (χ3v) is 3.76. The molecule has 1 fully saturated rings. The summed E-state index contributed by atoms with van der Waals surface area (Å²) in [6.07, 6.45) is -2.92. The number of halogens is 3. The average molecular weight is 321 g/mol. The van der Waals surface area contributed by atoms with Crippen molar-refractivity contribution in [3.8, 4) is 5.88 Å². The van der Waals surface area contributed by atoms with Gasteiger partial charge in [0.15, 0.2) is 0 Å². The number of nitrogens with zero attached hydrogens (tertiary/aromatic N) is 1. The molecule has 9 heteroatoms. The predicted octanol–water partition coefficient (Wildman–Crippen LogP) is 2.35. The molecule has 0 radical (unpaired) electrons. The molecular formula is C13H18F3N3O3. The smallest absolute Gasteiger partial charge is 0.399 e. The van der Waals surface area contributed by atoms with E-state index in [1.54, 1.807) is 0 Å². The Kier molecular flexibility index (Phi) is 4.64. The number of hydrogen-bond donors (Lipinski definition) is 2. The van der Waals surface area contributed by atoms with Gasteiger partial charge in [-0.3, -0.25) is 0 Å². The summed E-state index contributed by atoms with van der Waals surface area (Å²) < 4.78 is 46.3. The average Bonchev–Trinajstić information content (AvgIpc) is 2.83. The van der Waals surface area contributed by atoms with Gasteiger partial charge in [0.1, 0.15) is 5.69 Å². The molecule has 1 aliphatic rings. The third kappa shape index (κ3) is 3.90. The van der Waals surface area contributed by atoms with Gasteiger partial charge < -0.3 is 14.8 Å². The second-order valence-corrected chi connectivity index (χ2v) is 5.91. The number of ether oxygens (including phenoxy) is 2. The fourth-order valence-corrected chi connectivity index (χ4v) is 2.31. The summed E-state index contributed by atoms with van der Waals surface area (Å²) in [7, 11) is 0. The van der Waals surface area contributed by atoms with Crippen molar-refractivity contribution in [2.24, 2.45) is 11.3 Å². The van der Waals surface area contributed by atoms with Crippen LogP contribution in [0.5, 0.6) is 5.88 Å². The minimum absolute atomic E-state index is 0.0439. The van der Waals surface area contributed by atoms with Crippen LogP contribution in [0.15, 0.2) is 6.20 Å². The van der Waals surface area contributed by atoms with Crippen LogP contribution in [0.4, 0.5) is 18.9 Å². The van der Waals surface area contributed by atoms with Gasteiger partial charge >= 0.3 is 12.1 Å². The lowest BCUT2D eigenvalue weighted by atomic mass is 9.76. The molecule has 6 nitrogen and oxygen atoms in total. The van der Waals surface area contributed by atoms with Gasteiger partial charge in [-0.1, -0.05) is 13.8 Å². The number of rotatable bonds is 4. The van der Waals surface area contributed by atoms with Crippen molar-refractivity contribution < 1.29 is 27.4 Å². The van der Waals surface area contributed by atoms with E-state index in [9.17, 15) is 18.0 Å². The summed E-state index contributed by atoms with van der Waals surface area (Å²) in [5, 5.41) is 8.82. The van der Waals surface area contributed by atoms with E-state index in [-0.39, 0.29) is 22.9 Å². The number of nitrogens with one attached hydrogen (secondary N) is 2. The van der Waals surface area contributed by atoms with E-state index in [1.807, 2.05) is 0 Å². The highest BCUT2D eigenvalue weighted by Gasteiger charge is 2.42. The maximum Gasteiger partial charge on any atom is 0.491 e. The highest BCUT2D eigenvalue weighted by Crippen LogP contribution is 2.34. The third-order valence-electron chi connectivity index (χ3n) is 3.76. The largest absolute Gasteiger partial charge is 0.491 e. The Morgan fingerprint density at radius 2 is 2.32 bits per heavy atom. The Labute approximate surface area is 125 Å². The second kappa shape index (κ2) is 6.15. The second-order valence-electron chi connectivity index (χ2n) is 5.91. The first kappa shape index (κ1) is 16.6. The minimum atomic E-state index is -5.05. The molecule has 2 heterocycles. The molecule has 0 aliphatic carbocycles. The van der Waals surface area contributed by atoms with Crippen molar-refractivity contribution >= 4 is 11.7 Å². The van der Waals surface area contributed by atoms with Crippen LogP contribution < -0.4 is 10.1 Å². The summed E-state index contributed by atoms with van der Waals surface area (Å²) in [6, 6.07) is 0. The summed E-state index contributed by atoms with van der Waals surface area (Å²) >= 11 is 0. The number of aromatic nitrogens is 2. The molecule has 0 aromatic carbocycles. The van der Waals surface area contributed by atoms with Gasteiger partial charge in [0, 0.05) is 13.2 Å². The number of aromatic amines is 1. The number of carbonyl (C=O) groups excluding carboxylic acids is 1. The van der Waals surface area contributed by atoms with E-state index in [2.05, 4.69) is 34.1 Å². The number of alkyl halides is 3. The molecule has 22 heavy (non-hydrogen) atoms. The van der Waals surface area contributed by atoms with Gasteiger partial charge in [-0.05, 0) is 17.8 Å². The van der Waals surface area contributed by atoms with Crippen molar-refractivity contribution in [1.29, 1.82) is 0 Å². The van der Waals surface area contributed by atoms with Crippen LogP contribution in [0.1, 0.15) is 20.3 Å². The van der Waals surface area contributed by atoms with Gasteiger partial charge in [0.2, 0.25) is 5.88 Å². The van der Waals surface area contributed by atoms with Crippen LogP contribution in [0.3, 0.4) is 0 Å². The molecule has 2 N–H and O–H groups in total. The molecule has 1 aliphatic heterocycles. The van der Waals surface area contributed by atoms with Gasteiger partial charge in [0.05, 0.1) is 12.8 Å². The molecule has 0 amide bonds. The quantitative estimate of drug-likeness (QED) is 0.833. The van der Waals surface area contributed by atoms with Crippen molar-refractivity contribution in [2.45, 2.75) is 26.4 Å². The van der Waals surface area contributed by atoms with Crippen LogP contribution >= 0.6 is 0 Å². The van der Waals surface area contributed by atoms with E-state index in [0.29, 0.717) is 19.8 Å². The topological polar surface area (TPSA) is 76.2 Å². The number of hydrogen-bond acceptors (Lipinski definition) is 5. The van der Waals surface area contributed by atoms with Crippen molar-refractivity contribution in [3.63, 3.8) is 0 Å². The first-order valence-corrected chi connectivity index (χ1v) is 6.84. The molecular weight excluding hydrogens is 303 g/mol. The first-order valence-electron chi connectivity index (χ1n) is 6.84. The zero-order valence-corrected chi connectivity index (χ0v) is 12.3. The van der Waals surface area contributed by atoms with Crippen LogP contribution in [-0.2, 0) is 9.53 Å². The van der Waals surface area contributed by atoms with E-state index in [0.717, 1.165) is 6.42 Å². The van der Waals surface area contributed by atoms with Crippen LogP contribution in [0.25, 0.3) is 0 Å². The van der Waals surface area contributed by atoms with Gasteiger partial charge in [-0.25, -0.2) is 9.89 Å². The van der Waals surface area contributed by atoms with Crippen molar-refractivity contribution in [2.75, 3.05) is 25.1 Å². The molecule has 2 rings (SSSR count). The summed E-state index contributed by atoms with van der Waals surface area (Å²) in [5.41, 5.74) is 0.178. The predicted molar refractivity (Wildman–Crippen MR) is 71.5 cm³/mol. The van der Waals surface area contributed by atoms with Crippen LogP contribution in [0, 0.1) is 11.3 Å². The Bertz CT molecular complexity index is 528. The zero-order valence-electron chi connectivity index (χ0n) is 12.3. The van der Waals surface area contributed by atoms with Crippen molar-refractivity contribution in [1.82, 2.24) is 10.2 Å². The Morgan fingerprint density at radius 3 is 2.95 bits per heavy atom. The Balaban J connectivity index is 1.97. The first-order chi connectivity index (χ1) is 10.2. The molecule has 1 atom stereocenters. The highest BCUT2D eigenvalue weighted by atomic mass is 19.4. The monoisotopic (exact) mass is 321 g/mol. The molecule has 1 aromatic heterocycles. The SMILES string of the molecule is CC1(C)COCC[C@@H]1CNc1cn[nH]c1OC(=O)C(F)(F)F. The maximum atomic E-state index is 12.2. The lowest BCUT2D eigenvalue weighted by molar-refractivity contribution is -0.189. The maximum absolute atomic E-state index is 12.2. The van der Waals surface area contributed by atoms with E-state index in [1.165, 1.54) is 6.20 Å². The van der Waals surface area contributed by atoms with E-state index < -0.39 is 12.1 Å². The van der Waals surface area contributed by atoms with Gasteiger partial charge in [0.25, 0.3) is 0 Å². The summed E-state index contributed by atoms with van der Waals surface area (Å²) in [5.74, 6) is -2.35. The standard InChI is InChI=1S/C13H18F3N3O3/c1-12(2)7-21-4-3-8(12)5-17-9-6-18-19-10(9)22-11(20)13(14,15)16/h6,8,17H,3-5,7H2,1-2H3,(H,18,19)/t8-/m1/s1. The number of carbonyl (C=O) groups is 1. The Hall–Kier alpha value is -1.77. The van der Waals surface area contributed by atoms with E-state index in [4.69, 9.17) is 4.74 Å². The number of H-pyrrole nitrogens is 1. The minimum Gasteiger partial charge on any atom is -0.399 e. The normalized spacial score (nSPS) is 21.4. The molecule has 0 bridgehead atoms. The number of anilines is 1. The zero-order chi connectivity index (χ0) is 16.4. The van der Waals surface area contributed by atoms with Crippen molar-refractivity contribution in [3.05, 3.63) is 6.20 Å². The van der Waals surface area contributed by atoms with Crippen LogP contribution in [-0.4, -0.2) is 42.1 Å². The van der Waals surface area contributed by atoms with Gasteiger partial charge in [-0.2, -0.15) is 18.3 Å². The molecule has 1 saturated heterocycles. The highest BCUT2D eigenvalue weighted by molar-refractivity contribution is 5.79.